The Morgan fingerprint density at radius 3 is 2.64 bits per heavy atom. The number of fused-ring (bicyclic) bond motifs is 2. The maximum absolute atomic E-state index is 13.1. The minimum Gasteiger partial charge on any atom is -0.389 e. The van der Waals surface area contributed by atoms with Gasteiger partial charge in [0.1, 0.15) is 11.2 Å². The number of aromatic nitrogens is 3. The minimum absolute atomic E-state index is 0.0106. The largest absolute Gasteiger partial charge is 0.433 e. The van der Waals surface area contributed by atoms with Crippen molar-refractivity contribution >= 4 is 23.0 Å². The van der Waals surface area contributed by atoms with Crippen molar-refractivity contribution in [3.8, 4) is 0 Å². The summed E-state index contributed by atoms with van der Waals surface area (Å²) >= 11 is 0. The quantitative estimate of drug-likeness (QED) is 0.829. The van der Waals surface area contributed by atoms with Crippen molar-refractivity contribution in [3.63, 3.8) is 0 Å². The van der Waals surface area contributed by atoms with Gasteiger partial charge in [0.05, 0.1) is 12.0 Å². The van der Waals surface area contributed by atoms with Gasteiger partial charge in [-0.3, -0.25) is 14.7 Å². The number of aliphatic hydroxyl groups is 1. The van der Waals surface area contributed by atoms with Crippen molar-refractivity contribution < 1.29 is 23.1 Å². The molecule has 1 amide bonds. The van der Waals surface area contributed by atoms with Crippen molar-refractivity contribution in [1.29, 1.82) is 0 Å². The van der Waals surface area contributed by atoms with Gasteiger partial charge in [0.15, 0.2) is 5.65 Å². The van der Waals surface area contributed by atoms with Crippen LogP contribution in [0.3, 0.4) is 0 Å². The van der Waals surface area contributed by atoms with Gasteiger partial charge < -0.3 is 5.11 Å². The van der Waals surface area contributed by atoms with Crippen LogP contribution in [-0.2, 0) is 11.0 Å². The molecule has 3 atom stereocenters. The molecule has 6 nitrogen and oxygen atoms in total. The smallest absolute Gasteiger partial charge is 0.389 e. The lowest BCUT2D eigenvalue weighted by molar-refractivity contribution is -0.141. The Kier molecular flexibility index (Phi) is 3.78. The number of anilines is 1. The summed E-state index contributed by atoms with van der Waals surface area (Å²) in [7, 11) is 0. The van der Waals surface area contributed by atoms with Crippen LogP contribution in [0.5, 0.6) is 0 Å². The molecule has 3 saturated carbocycles. The highest BCUT2D eigenvalue weighted by atomic mass is 19.4. The molecule has 9 heteroatoms. The van der Waals surface area contributed by atoms with E-state index >= 15 is 0 Å². The number of nitrogens with one attached hydrogen (secondary N) is 1. The standard InChI is InChI=1S/C19H21F3N4O2/c20-19(21,22)14-5-4-13-16(24-14)26(11-2-1-3-11)17(23-13)25-15(27)9-18(28)7-6-10-8-12(10)18/h4-5,10-12,28H,1-3,6-9H2,(H,23,25,27). The van der Waals surface area contributed by atoms with Gasteiger partial charge in [0.2, 0.25) is 11.9 Å². The molecule has 0 radical (unpaired) electrons. The van der Waals surface area contributed by atoms with E-state index < -0.39 is 17.5 Å². The number of amides is 1. The zero-order chi connectivity index (χ0) is 19.7. The topological polar surface area (TPSA) is 80.0 Å². The fourth-order valence-electron chi connectivity index (χ4n) is 4.72. The highest BCUT2D eigenvalue weighted by molar-refractivity contribution is 5.91. The number of imidazole rings is 1. The first-order valence-electron chi connectivity index (χ1n) is 9.73. The second-order valence-corrected chi connectivity index (χ2v) is 8.40. The summed E-state index contributed by atoms with van der Waals surface area (Å²) in [6.07, 6.45) is 0.556. The molecule has 3 aliphatic rings. The highest BCUT2D eigenvalue weighted by Crippen LogP contribution is 2.58. The Morgan fingerprint density at radius 2 is 2.07 bits per heavy atom. The molecule has 150 valence electrons. The molecule has 3 unspecified atom stereocenters. The number of halogens is 3. The number of hydrogen-bond donors (Lipinski definition) is 2. The van der Waals surface area contributed by atoms with Crippen LogP contribution in [0.4, 0.5) is 19.1 Å². The van der Waals surface area contributed by atoms with E-state index in [1.54, 1.807) is 4.57 Å². The predicted molar refractivity (Wildman–Crippen MR) is 94.4 cm³/mol. The first kappa shape index (κ1) is 17.9. The maximum Gasteiger partial charge on any atom is 0.433 e. The summed E-state index contributed by atoms with van der Waals surface area (Å²) in [4.78, 5) is 20.7. The number of rotatable bonds is 4. The van der Waals surface area contributed by atoms with Crippen LogP contribution in [0.25, 0.3) is 11.2 Å². The average molecular weight is 394 g/mol. The van der Waals surface area contributed by atoms with E-state index in [1.807, 2.05) is 0 Å². The van der Waals surface area contributed by atoms with E-state index in [4.69, 9.17) is 0 Å². The molecular weight excluding hydrogens is 373 g/mol. The lowest BCUT2D eigenvalue weighted by Crippen LogP contribution is -2.34. The first-order chi connectivity index (χ1) is 13.2. The molecule has 2 N–H and O–H groups in total. The molecule has 3 fully saturated rings. The number of hydrogen-bond acceptors (Lipinski definition) is 4. The van der Waals surface area contributed by atoms with Gasteiger partial charge in [-0.2, -0.15) is 13.2 Å². The average Bonchev–Trinajstić information content (AvgIpc) is 3.20. The fourth-order valence-corrected chi connectivity index (χ4v) is 4.72. The van der Waals surface area contributed by atoms with Crippen LogP contribution >= 0.6 is 0 Å². The third-order valence-corrected chi connectivity index (χ3v) is 6.55. The van der Waals surface area contributed by atoms with Crippen molar-refractivity contribution in [2.75, 3.05) is 5.32 Å². The van der Waals surface area contributed by atoms with E-state index in [1.165, 1.54) is 6.07 Å². The SMILES string of the molecule is O=C(CC1(O)CCC2CC21)Nc1nc2ccc(C(F)(F)F)nc2n1C1CCC1. The number of carbonyl (C=O) groups excluding carboxylic acids is 1. The molecule has 0 saturated heterocycles. The third kappa shape index (κ3) is 2.87. The van der Waals surface area contributed by atoms with Gasteiger partial charge in [-0.05, 0) is 62.5 Å². The Hall–Kier alpha value is -2.16. The van der Waals surface area contributed by atoms with E-state index in [0.717, 1.165) is 38.2 Å². The summed E-state index contributed by atoms with van der Waals surface area (Å²) in [6, 6.07) is 2.16. The van der Waals surface area contributed by atoms with E-state index in [0.29, 0.717) is 17.9 Å². The van der Waals surface area contributed by atoms with Crippen molar-refractivity contribution in [2.45, 2.75) is 62.8 Å². The van der Waals surface area contributed by atoms with Gasteiger partial charge in [-0.25, -0.2) is 9.97 Å². The Balaban J connectivity index is 1.45. The van der Waals surface area contributed by atoms with Crippen molar-refractivity contribution in [2.24, 2.45) is 11.8 Å². The van der Waals surface area contributed by atoms with Gasteiger partial charge in [0.25, 0.3) is 0 Å². The fraction of sp³-hybridized carbons (Fsp3) is 0.632. The molecule has 5 rings (SSSR count). The lowest BCUT2D eigenvalue weighted by Gasteiger charge is -2.29. The Morgan fingerprint density at radius 1 is 1.29 bits per heavy atom. The van der Waals surface area contributed by atoms with Crippen LogP contribution in [0.1, 0.15) is 56.7 Å². The third-order valence-electron chi connectivity index (χ3n) is 6.55. The molecule has 2 aromatic rings. The molecule has 28 heavy (non-hydrogen) atoms. The molecule has 2 heterocycles. The second-order valence-electron chi connectivity index (χ2n) is 8.40. The maximum atomic E-state index is 13.1. The first-order valence-corrected chi connectivity index (χ1v) is 9.73. The zero-order valence-electron chi connectivity index (χ0n) is 15.2. The van der Waals surface area contributed by atoms with Gasteiger partial charge >= 0.3 is 6.18 Å². The molecule has 0 bridgehead atoms. The molecule has 0 spiro atoms. The predicted octanol–water partition coefficient (Wildman–Crippen LogP) is 3.66. The number of nitrogens with zero attached hydrogens (tertiary/aromatic N) is 3. The van der Waals surface area contributed by atoms with Gasteiger partial charge in [0, 0.05) is 6.04 Å². The number of carbonyl (C=O) groups is 1. The van der Waals surface area contributed by atoms with Gasteiger partial charge in [-0.15, -0.1) is 0 Å². The molecule has 0 aliphatic heterocycles. The molecular formula is C19H21F3N4O2. The highest BCUT2D eigenvalue weighted by Gasteiger charge is 2.57. The summed E-state index contributed by atoms with van der Waals surface area (Å²) in [5.41, 5.74) is -1.49. The van der Waals surface area contributed by atoms with Gasteiger partial charge in [-0.1, -0.05) is 0 Å². The Labute approximate surface area is 159 Å². The van der Waals surface area contributed by atoms with Crippen LogP contribution in [0.2, 0.25) is 0 Å². The van der Waals surface area contributed by atoms with Crippen molar-refractivity contribution in [1.82, 2.24) is 14.5 Å². The summed E-state index contributed by atoms with van der Waals surface area (Å²) in [5.74, 6) is 0.578. The van der Waals surface area contributed by atoms with Crippen LogP contribution in [0.15, 0.2) is 12.1 Å². The molecule has 0 aromatic carbocycles. The van der Waals surface area contributed by atoms with Crippen molar-refractivity contribution in [3.05, 3.63) is 17.8 Å². The monoisotopic (exact) mass is 394 g/mol. The normalized spacial score (nSPS) is 29.6. The molecule has 2 aromatic heterocycles. The lowest BCUT2D eigenvalue weighted by atomic mass is 9.92. The summed E-state index contributed by atoms with van der Waals surface area (Å²) in [6.45, 7) is 0. The van der Waals surface area contributed by atoms with E-state index in [-0.39, 0.29) is 35.9 Å². The number of alkyl halides is 3. The number of pyridine rings is 1. The Bertz CT molecular complexity index is 953. The summed E-state index contributed by atoms with van der Waals surface area (Å²) < 4.78 is 40.9. The zero-order valence-corrected chi connectivity index (χ0v) is 15.2. The molecule has 3 aliphatic carbocycles. The van der Waals surface area contributed by atoms with E-state index in [9.17, 15) is 23.1 Å². The van der Waals surface area contributed by atoms with Crippen LogP contribution < -0.4 is 5.32 Å². The van der Waals surface area contributed by atoms with Crippen LogP contribution in [0, 0.1) is 11.8 Å². The summed E-state index contributed by atoms with van der Waals surface area (Å²) in [5, 5.41) is 13.5. The van der Waals surface area contributed by atoms with Crippen LogP contribution in [-0.4, -0.2) is 31.1 Å². The second kappa shape index (κ2) is 5.92. The minimum atomic E-state index is -4.54. The van der Waals surface area contributed by atoms with E-state index in [2.05, 4.69) is 15.3 Å².